The van der Waals surface area contributed by atoms with Gasteiger partial charge in [0, 0.05) is 19.0 Å². The van der Waals surface area contributed by atoms with Crippen LogP contribution >= 0.6 is 0 Å². The minimum Gasteiger partial charge on any atom is -0.372 e. The van der Waals surface area contributed by atoms with Gasteiger partial charge in [-0.2, -0.15) is 0 Å². The Hall–Kier alpha value is -2.27. The number of halogens is 1. The van der Waals surface area contributed by atoms with E-state index >= 15 is 0 Å². The van der Waals surface area contributed by atoms with Crippen LogP contribution in [0.2, 0.25) is 0 Å². The summed E-state index contributed by atoms with van der Waals surface area (Å²) in [7, 11) is 0. The Bertz CT molecular complexity index is 573. The number of hydrogen-bond donors (Lipinski definition) is 1. The van der Waals surface area contributed by atoms with Crippen LogP contribution in [-0.2, 0) is 9.53 Å². The first-order chi connectivity index (χ1) is 10.2. The first kappa shape index (κ1) is 15.1. The maximum atomic E-state index is 13.1. The number of benzene rings is 1. The molecule has 5 heteroatoms. The Morgan fingerprint density at radius 3 is 2.43 bits per heavy atom. The van der Waals surface area contributed by atoms with Crippen LogP contribution in [0.25, 0.3) is 0 Å². The second-order valence-electron chi connectivity index (χ2n) is 4.47. The third kappa shape index (κ3) is 4.36. The third-order valence-corrected chi connectivity index (χ3v) is 2.99. The van der Waals surface area contributed by atoms with Crippen LogP contribution in [-0.4, -0.2) is 24.1 Å². The summed E-state index contributed by atoms with van der Waals surface area (Å²) in [5.74, 6) is -0.532. The molecule has 1 N–H and O–H groups in total. The third-order valence-electron chi connectivity index (χ3n) is 2.99. The van der Waals surface area contributed by atoms with Gasteiger partial charge in [-0.05, 0) is 42.3 Å². The molecule has 1 aromatic carbocycles. The zero-order chi connectivity index (χ0) is 15.1. The Morgan fingerprint density at radius 2 is 1.81 bits per heavy atom. The highest BCUT2D eigenvalue weighted by Gasteiger charge is 2.16. The minimum atomic E-state index is -0.360. The van der Waals surface area contributed by atoms with E-state index in [1.54, 1.807) is 24.5 Å². The highest BCUT2D eigenvalue weighted by molar-refractivity contribution is 5.78. The Morgan fingerprint density at radius 1 is 1.19 bits per heavy atom. The standard InChI is InChI=1S/C16H17FN2O2/c1-2-21-11-15(20)19-16(13-7-9-18-10-8-13)12-3-5-14(17)6-4-12/h3-10,16H,2,11H2,1H3,(H,19,20)/t16-/m1/s1. The van der Waals surface area contributed by atoms with E-state index < -0.39 is 0 Å². The van der Waals surface area contributed by atoms with E-state index in [0.29, 0.717) is 6.61 Å². The molecule has 0 saturated heterocycles. The van der Waals surface area contributed by atoms with Crippen LogP contribution in [0, 0.1) is 5.82 Å². The maximum Gasteiger partial charge on any atom is 0.246 e. The monoisotopic (exact) mass is 288 g/mol. The molecule has 0 aliphatic heterocycles. The number of carbonyl (C=O) groups excluding carboxylic acids is 1. The van der Waals surface area contributed by atoms with E-state index in [4.69, 9.17) is 4.74 Å². The predicted octanol–water partition coefficient (Wildman–Crippen LogP) is 2.46. The van der Waals surface area contributed by atoms with E-state index in [1.165, 1.54) is 12.1 Å². The van der Waals surface area contributed by atoms with Gasteiger partial charge in [0.15, 0.2) is 0 Å². The lowest BCUT2D eigenvalue weighted by atomic mass is 9.99. The molecule has 0 aliphatic rings. The van der Waals surface area contributed by atoms with Crippen molar-refractivity contribution in [2.45, 2.75) is 13.0 Å². The molecule has 1 amide bonds. The first-order valence-corrected chi connectivity index (χ1v) is 6.73. The van der Waals surface area contributed by atoms with Crippen molar-refractivity contribution in [3.63, 3.8) is 0 Å². The first-order valence-electron chi connectivity index (χ1n) is 6.73. The summed E-state index contributed by atoms with van der Waals surface area (Å²) in [6.07, 6.45) is 3.31. The molecule has 2 rings (SSSR count). The molecular formula is C16H17FN2O2. The van der Waals surface area contributed by atoms with Gasteiger partial charge >= 0.3 is 0 Å². The number of carbonyl (C=O) groups is 1. The number of hydrogen-bond acceptors (Lipinski definition) is 3. The molecule has 1 atom stereocenters. The zero-order valence-corrected chi connectivity index (χ0v) is 11.8. The zero-order valence-electron chi connectivity index (χ0n) is 11.8. The van der Waals surface area contributed by atoms with Gasteiger partial charge in [0.1, 0.15) is 12.4 Å². The normalized spacial score (nSPS) is 11.9. The largest absolute Gasteiger partial charge is 0.372 e. The fourth-order valence-electron chi connectivity index (χ4n) is 1.97. The molecule has 0 fully saturated rings. The van der Waals surface area contributed by atoms with Crippen LogP contribution in [0.4, 0.5) is 4.39 Å². The highest BCUT2D eigenvalue weighted by atomic mass is 19.1. The number of amides is 1. The van der Waals surface area contributed by atoms with Crippen molar-refractivity contribution in [1.29, 1.82) is 0 Å². The van der Waals surface area contributed by atoms with Gasteiger partial charge in [0.25, 0.3) is 0 Å². The van der Waals surface area contributed by atoms with E-state index in [0.717, 1.165) is 11.1 Å². The molecule has 0 radical (unpaired) electrons. The van der Waals surface area contributed by atoms with E-state index in [-0.39, 0.29) is 24.4 Å². The summed E-state index contributed by atoms with van der Waals surface area (Å²) in [5.41, 5.74) is 1.67. The quantitative estimate of drug-likeness (QED) is 0.888. The molecule has 1 heterocycles. The molecule has 1 aromatic heterocycles. The summed E-state index contributed by atoms with van der Waals surface area (Å²) in [6, 6.07) is 9.32. The van der Waals surface area contributed by atoms with Crippen molar-refractivity contribution >= 4 is 5.91 Å². The number of nitrogens with one attached hydrogen (secondary N) is 1. The Labute approximate surface area is 123 Å². The number of aromatic nitrogens is 1. The molecule has 2 aromatic rings. The number of pyridine rings is 1. The molecule has 0 saturated carbocycles. The molecule has 110 valence electrons. The summed E-state index contributed by atoms with van der Waals surface area (Å²) in [6.45, 7) is 2.30. The molecule has 0 unspecified atom stereocenters. The van der Waals surface area contributed by atoms with E-state index in [9.17, 15) is 9.18 Å². The van der Waals surface area contributed by atoms with Gasteiger partial charge < -0.3 is 10.1 Å². The van der Waals surface area contributed by atoms with Crippen LogP contribution in [0.15, 0.2) is 48.8 Å². The fourth-order valence-corrected chi connectivity index (χ4v) is 1.97. The van der Waals surface area contributed by atoms with Crippen LogP contribution in [0.5, 0.6) is 0 Å². The SMILES string of the molecule is CCOCC(=O)N[C@@H](c1ccncc1)c1ccc(F)cc1. The van der Waals surface area contributed by atoms with Crippen molar-refractivity contribution in [3.8, 4) is 0 Å². The summed E-state index contributed by atoms with van der Waals surface area (Å²) in [4.78, 5) is 15.9. The lowest BCUT2D eigenvalue weighted by Crippen LogP contribution is -2.32. The molecule has 0 spiro atoms. The number of ether oxygens (including phenoxy) is 1. The smallest absolute Gasteiger partial charge is 0.246 e. The Balaban J connectivity index is 2.22. The average Bonchev–Trinajstić information content (AvgIpc) is 2.52. The topological polar surface area (TPSA) is 51.2 Å². The van der Waals surface area contributed by atoms with Gasteiger partial charge in [-0.3, -0.25) is 9.78 Å². The maximum absolute atomic E-state index is 13.1. The van der Waals surface area contributed by atoms with Gasteiger partial charge in [-0.1, -0.05) is 12.1 Å². The molecular weight excluding hydrogens is 271 g/mol. The predicted molar refractivity (Wildman–Crippen MR) is 77.1 cm³/mol. The van der Waals surface area contributed by atoms with Gasteiger partial charge in [0.2, 0.25) is 5.91 Å². The highest BCUT2D eigenvalue weighted by Crippen LogP contribution is 2.21. The van der Waals surface area contributed by atoms with Crippen molar-refractivity contribution in [2.24, 2.45) is 0 Å². The summed E-state index contributed by atoms with van der Waals surface area (Å²) >= 11 is 0. The van der Waals surface area contributed by atoms with Crippen LogP contribution in [0.1, 0.15) is 24.1 Å². The number of rotatable bonds is 6. The van der Waals surface area contributed by atoms with E-state index in [1.807, 2.05) is 19.1 Å². The van der Waals surface area contributed by atoms with Gasteiger partial charge in [0.05, 0.1) is 6.04 Å². The van der Waals surface area contributed by atoms with Crippen molar-refractivity contribution in [2.75, 3.05) is 13.2 Å². The molecule has 4 nitrogen and oxygen atoms in total. The Kier molecular flexibility index (Phi) is 5.40. The van der Waals surface area contributed by atoms with Crippen molar-refractivity contribution < 1.29 is 13.9 Å². The average molecular weight is 288 g/mol. The van der Waals surface area contributed by atoms with Crippen molar-refractivity contribution in [3.05, 3.63) is 65.7 Å². The minimum absolute atomic E-state index is 0.000716. The second-order valence-corrected chi connectivity index (χ2v) is 4.47. The summed E-state index contributed by atoms with van der Waals surface area (Å²) < 4.78 is 18.2. The molecule has 21 heavy (non-hydrogen) atoms. The lowest BCUT2D eigenvalue weighted by Gasteiger charge is -2.19. The molecule has 0 bridgehead atoms. The van der Waals surface area contributed by atoms with Gasteiger partial charge in [-0.15, -0.1) is 0 Å². The summed E-state index contributed by atoms with van der Waals surface area (Å²) in [5, 5.41) is 2.89. The van der Waals surface area contributed by atoms with E-state index in [2.05, 4.69) is 10.3 Å². The van der Waals surface area contributed by atoms with Crippen molar-refractivity contribution in [1.82, 2.24) is 10.3 Å². The second kappa shape index (κ2) is 7.50. The fraction of sp³-hybridized carbons (Fsp3) is 0.250. The van der Waals surface area contributed by atoms with Gasteiger partial charge in [-0.25, -0.2) is 4.39 Å². The number of nitrogens with zero attached hydrogens (tertiary/aromatic N) is 1. The lowest BCUT2D eigenvalue weighted by molar-refractivity contribution is -0.126. The molecule has 0 aliphatic carbocycles. The van der Waals surface area contributed by atoms with Crippen LogP contribution in [0.3, 0.4) is 0 Å². The van der Waals surface area contributed by atoms with Crippen LogP contribution < -0.4 is 5.32 Å².